The van der Waals surface area contributed by atoms with Crippen molar-refractivity contribution in [3.8, 4) is 0 Å². The zero-order chi connectivity index (χ0) is 13.8. The van der Waals surface area contributed by atoms with E-state index in [1.54, 1.807) is 0 Å². The summed E-state index contributed by atoms with van der Waals surface area (Å²) in [4.78, 5) is 13.1. The van der Waals surface area contributed by atoms with Crippen molar-refractivity contribution >= 4 is 11.8 Å². The summed E-state index contributed by atoms with van der Waals surface area (Å²) >= 11 is 0. The van der Waals surface area contributed by atoms with E-state index in [1.165, 1.54) is 0 Å². The average molecular weight is 266 g/mol. The van der Waals surface area contributed by atoms with Crippen molar-refractivity contribution in [3.05, 3.63) is 11.8 Å². The molecule has 1 saturated heterocycles. The summed E-state index contributed by atoms with van der Waals surface area (Å²) in [7, 11) is 3.87. The van der Waals surface area contributed by atoms with Crippen LogP contribution < -0.4 is 9.80 Å². The summed E-state index contributed by atoms with van der Waals surface area (Å²) in [6.07, 6.45) is 0.748. The fourth-order valence-electron chi connectivity index (χ4n) is 2.14. The van der Waals surface area contributed by atoms with Crippen molar-refractivity contribution in [2.24, 2.45) is 0 Å². The van der Waals surface area contributed by atoms with Crippen molar-refractivity contribution in [3.63, 3.8) is 0 Å². The van der Waals surface area contributed by atoms with E-state index < -0.39 is 0 Å². The lowest BCUT2D eigenvalue weighted by Crippen LogP contribution is -2.43. The quantitative estimate of drug-likeness (QED) is 0.853. The van der Waals surface area contributed by atoms with Gasteiger partial charge in [0, 0.05) is 45.6 Å². The van der Waals surface area contributed by atoms with Gasteiger partial charge in [0.2, 0.25) is 5.95 Å². The lowest BCUT2D eigenvalue weighted by Gasteiger charge is -2.34. The molecular formula is C13H22N4O2. The molecule has 1 aliphatic rings. The molecule has 1 aliphatic heterocycles. The number of aromatic nitrogens is 2. The molecule has 0 amide bonds. The molecule has 0 bridgehead atoms. The number of aryl methyl sites for hydroxylation is 1. The normalized spacial score (nSPS) is 19.6. The van der Waals surface area contributed by atoms with Gasteiger partial charge >= 0.3 is 0 Å². The predicted molar refractivity (Wildman–Crippen MR) is 74.8 cm³/mol. The molecular weight excluding hydrogens is 244 g/mol. The number of rotatable bonds is 4. The third-order valence-corrected chi connectivity index (χ3v) is 3.14. The second-order valence-electron chi connectivity index (χ2n) is 5.01. The first-order valence-corrected chi connectivity index (χ1v) is 6.60. The van der Waals surface area contributed by atoms with Crippen LogP contribution in [0.1, 0.15) is 12.1 Å². The maximum atomic E-state index is 9.01. The first-order chi connectivity index (χ1) is 9.10. The number of aliphatic hydroxyl groups excluding tert-OH is 1. The van der Waals surface area contributed by atoms with Gasteiger partial charge in [-0.15, -0.1) is 0 Å². The standard InChI is InChI=1S/C13H22N4O2/c1-10-8-12(15-13(14-10)16(2)3)17-5-7-19-11(9-17)4-6-18/h8,11,18H,4-7,9H2,1-3H3. The number of hydrogen-bond acceptors (Lipinski definition) is 6. The van der Waals surface area contributed by atoms with Crippen LogP contribution in [0, 0.1) is 6.92 Å². The Kier molecular flexibility index (Phi) is 4.55. The number of aliphatic hydroxyl groups is 1. The largest absolute Gasteiger partial charge is 0.396 e. The average Bonchev–Trinajstić information content (AvgIpc) is 2.38. The molecule has 0 aromatic carbocycles. The van der Waals surface area contributed by atoms with Gasteiger partial charge in [-0.2, -0.15) is 4.98 Å². The zero-order valence-electron chi connectivity index (χ0n) is 11.8. The van der Waals surface area contributed by atoms with Crippen LogP contribution in [0.4, 0.5) is 11.8 Å². The van der Waals surface area contributed by atoms with Gasteiger partial charge in [0.1, 0.15) is 5.82 Å². The van der Waals surface area contributed by atoms with E-state index >= 15 is 0 Å². The smallest absolute Gasteiger partial charge is 0.226 e. The van der Waals surface area contributed by atoms with E-state index in [0.29, 0.717) is 13.0 Å². The Morgan fingerprint density at radius 2 is 2.26 bits per heavy atom. The number of morpholine rings is 1. The van der Waals surface area contributed by atoms with Crippen LogP contribution in [0.2, 0.25) is 0 Å². The van der Waals surface area contributed by atoms with Crippen molar-refractivity contribution in [2.45, 2.75) is 19.4 Å². The van der Waals surface area contributed by atoms with Crippen LogP contribution in [-0.2, 0) is 4.74 Å². The first kappa shape index (κ1) is 14.0. The van der Waals surface area contributed by atoms with E-state index in [1.807, 2.05) is 32.0 Å². The van der Waals surface area contributed by atoms with Crippen LogP contribution in [0.25, 0.3) is 0 Å². The Bertz CT molecular complexity index is 423. The summed E-state index contributed by atoms with van der Waals surface area (Å²) in [5, 5.41) is 9.01. The monoisotopic (exact) mass is 266 g/mol. The second-order valence-corrected chi connectivity index (χ2v) is 5.01. The van der Waals surface area contributed by atoms with Crippen LogP contribution in [0.15, 0.2) is 6.07 Å². The molecule has 1 N–H and O–H groups in total. The molecule has 0 aliphatic carbocycles. The van der Waals surface area contributed by atoms with Crippen molar-refractivity contribution in [1.29, 1.82) is 0 Å². The van der Waals surface area contributed by atoms with E-state index in [4.69, 9.17) is 9.84 Å². The highest BCUT2D eigenvalue weighted by Crippen LogP contribution is 2.19. The number of nitrogens with zero attached hydrogens (tertiary/aromatic N) is 4. The molecule has 1 aromatic rings. The molecule has 19 heavy (non-hydrogen) atoms. The van der Waals surface area contributed by atoms with Gasteiger partial charge in [-0.3, -0.25) is 0 Å². The maximum Gasteiger partial charge on any atom is 0.226 e. The topological polar surface area (TPSA) is 61.7 Å². The molecule has 2 rings (SSSR count). The highest BCUT2D eigenvalue weighted by Gasteiger charge is 2.21. The Hall–Kier alpha value is -1.40. The summed E-state index contributed by atoms with van der Waals surface area (Å²) in [5.41, 5.74) is 0.957. The van der Waals surface area contributed by atoms with Crippen molar-refractivity contribution in [1.82, 2.24) is 9.97 Å². The van der Waals surface area contributed by atoms with E-state index in [0.717, 1.165) is 30.5 Å². The third-order valence-electron chi connectivity index (χ3n) is 3.14. The minimum atomic E-state index is 0.0804. The minimum Gasteiger partial charge on any atom is -0.396 e. The maximum absolute atomic E-state index is 9.01. The van der Waals surface area contributed by atoms with Gasteiger partial charge in [-0.25, -0.2) is 4.98 Å². The Morgan fingerprint density at radius 3 is 2.95 bits per heavy atom. The van der Waals surface area contributed by atoms with Gasteiger partial charge in [-0.05, 0) is 13.3 Å². The minimum absolute atomic E-state index is 0.0804. The molecule has 6 nitrogen and oxygen atoms in total. The fraction of sp³-hybridized carbons (Fsp3) is 0.692. The van der Waals surface area contributed by atoms with Crippen LogP contribution in [0.3, 0.4) is 0 Å². The molecule has 2 heterocycles. The first-order valence-electron chi connectivity index (χ1n) is 6.60. The summed E-state index contributed by atoms with van der Waals surface area (Å²) in [6, 6.07) is 1.99. The summed E-state index contributed by atoms with van der Waals surface area (Å²) < 4.78 is 5.62. The third kappa shape index (κ3) is 3.54. The highest BCUT2D eigenvalue weighted by molar-refractivity contribution is 5.45. The zero-order valence-corrected chi connectivity index (χ0v) is 11.8. The molecule has 1 fully saturated rings. The summed E-state index contributed by atoms with van der Waals surface area (Å²) in [5.74, 6) is 1.66. The number of ether oxygens (including phenoxy) is 1. The van der Waals surface area contributed by atoms with Crippen LogP contribution in [-0.4, -0.2) is 61.6 Å². The lowest BCUT2D eigenvalue weighted by atomic mass is 10.2. The molecule has 6 heteroatoms. The van der Waals surface area contributed by atoms with Gasteiger partial charge in [0.25, 0.3) is 0 Å². The molecule has 0 radical (unpaired) electrons. The van der Waals surface area contributed by atoms with Crippen LogP contribution in [0.5, 0.6) is 0 Å². The van der Waals surface area contributed by atoms with Gasteiger partial charge in [0.05, 0.1) is 12.7 Å². The Morgan fingerprint density at radius 1 is 1.47 bits per heavy atom. The molecule has 0 saturated carbocycles. The van der Waals surface area contributed by atoms with E-state index in [-0.39, 0.29) is 12.7 Å². The van der Waals surface area contributed by atoms with E-state index in [2.05, 4.69) is 14.9 Å². The molecule has 1 atom stereocenters. The molecule has 1 aromatic heterocycles. The second kappa shape index (κ2) is 6.16. The Labute approximate surface area is 114 Å². The highest BCUT2D eigenvalue weighted by atomic mass is 16.5. The fourth-order valence-corrected chi connectivity index (χ4v) is 2.14. The summed E-state index contributed by atoms with van der Waals surface area (Å²) in [6.45, 7) is 4.40. The molecule has 0 spiro atoms. The number of anilines is 2. The number of hydrogen-bond donors (Lipinski definition) is 1. The molecule has 106 valence electrons. The molecule has 1 unspecified atom stereocenters. The lowest BCUT2D eigenvalue weighted by molar-refractivity contribution is 0.0244. The van der Waals surface area contributed by atoms with Gasteiger partial charge in [-0.1, -0.05) is 0 Å². The Balaban J connectivity index is 2.16. The SMILES string of the molecule is Cc1cc(N2CCOC(CCO)C2)nc(N(C)C)n1. The van der Waals surface area contributed by atoms with Gasteiger partial charge in [0.15, 0.2) is 0 Å². The van der Waals surface area contributed by atoms with Gasteiger partial charge < -0.3 is 19.6 Å². The van der Waals surface area contributed by atoms with Crippen LogP contribution >= 0.6 is 0 Å². The van der Waals surface area contributed by atoms with Crippen molar-refractivity contribution < 1.29 is 9.84 Å². The van der Waals surface area contributed by atoms with E-state index in [9.17, 15) is 0 Å². The van der Waals surface area contributed by atoms with Crippen molar-refractivity contribution in [2.75, 3.05) is 50.2 Å². The predicted octanol–water partition coefficient (Wildman–Crippen LogP) is 0.439.